The average Bonchev–Trinajstić information content (AvgIpc) is 2.65. The monoisotopic (exact) mass is 470 g/mol. The first-order valence-electron chi connectivity index (χ1n) is 9.91. The molecular weight excluding hydrogens is 443 g/mol. The van der Waals surface area contributed by atoms with Crippen molar-refractivity contribution in [3.63, 3.8) is 0 Å². The predicted octanol–water partition coefficient (Wildman–Crippen LogP) is 3.19. The number of hydrogen-bond acceptors (Lipinski definition) is 7. The third-order valence-electron chi connectivity index (χ3n) is 4.15. The lowest BCUT2D eigenvalue weighted by Gasteiger charge is -2.23. The van der Waals surface area contributed by atoms with E-state index in [-0.39, 0.29) is 17.5 Å². The fourth-order valence-electron chi connectivity index (χ4n) is 2.79. The van der Waals surface area contributed by atoms with Gasteiger partial charge >= 0.3 is 5.97 Å². The van der Waals surface area contributed by atoms with E-state index in [9.17, 15) is 14.7 Å². The lowest BCUT2D eigenvalue weighted by Crippen LogP contribution is -2.56. The Balaban J connectivity index is 1.93. The van der Waals surface area contributed by atoms with Gasteiger partial charge in [0.1, 0.15) is 16.9 Å². The number of carbonyl (C=O) groups is 2. The molecule has 8 nitrogen and oxygen atoms in total. The van der Waals surface area contributed by atoms with Crippen LogP contribution in [0.1, 0.15) is 50.9 Å². The molecule has 2 atom stereocenters. The highest BCUT2D eigenvalue weighted by Crippen LogP contribution is 2.24. The second kappa shape index (κ2) is 11.1. The number of aromatic nitrogens is 1. The zero-order valence-electron chi connectivity index (χ0n) is 18.0. The normalized spacial score (nSPS) is 13.6. The van der Waals surface area contributed by atoms with Gasteiger partial charge in [0.05, 0.1) is 17.2 Å². The van der Waals surface area contributed by atoms with Gasteiger partial charge in [-0.2, -0.15) is 0 Å². The van der Waals surface area contributed by atoms with Crippen LogP contribution in [0.3, 0.4) is 0 Å². The van der Waals surface area contributed by atoms with E-state index in [2.05, 4.69) is 21.2 Å². The molecule has 1 unspecified atom stereocenters. The van der Waals surface area contributed by atoms with Crippen LogP contribution in [0, 0.1) is 0 Å². The Morgan fingerprint density at radius 2 is 1.94 bits per heavy atom. The smallest absolute Gasteiger partial charge is 0.306 e. The standard InChI is InChI=1S/C21H28Cl2N4O4/c1-12(28)19(24-9-5-6-18(29)31-21(2,3)4)26-27-20(30)15-11-17(23)25-16-8-7-13(22)10-14(15)16/h7-8,10-12,19,24,26,28H,5-6,9H2,1-4H3,(H,27,30)/t12-,19?/m1/s1. The molecule has 0 bridgehead atoms. The summed E-state index contributed by atoms with van der Waals surface area (Å²) < 4.78 is 5.26. The summed E-state index contributed by atoms with van der Waals surface area (Å²) in [6.07, 6.45) is -0.716. The summed E-state index contributed by atoms with van der Waals surface area (Å²) in [7, 11) is 0. The maximum absolute atomic E-state index is 12.7. The predicted molar refractivity (Wildman–Crippen MR) is 121 cm³/mol. The first-order chi connectivity index (χ1) is 14.5. The van der Waals surface area contributed by atoms with E-state index in [1.807, 2.05) is 20.8 Å². The third kappa shape index (κ3) is 8.23. The summed E-state index contributed by atoms with van der Waals surface area (Å²) >= 11 is 12.1. The molecule has 4 N–H and O–H groups in total. The molecule has 0 fully saturated rings. The Kier molecular flexibility index (Phi) is 9.02. The number of nitrogens with zero attached hydrogens (tertiary/aromatic N) is 1. The Hall–Kier alpha value is -1.97. The highest BCUT2D eigenvalue weighted by atomic mass is 35.5. The number of pyridine rings is 1. The fourth-order valence-corrected chi connectivity index (χ4v) is 3.16. The van der Waals surface area contributed by atoms with Gasteiger partial charge in [-0.05, 0) is 64.9 Å². The number of hydrogen-bond donors (Lipinski definition) is 4. The van der Waals surface area contributed by atoms with E-state index in [0.717, 1.165) is 0 Å². The summed E-state index contributed by atoms with van der Waals surface area (Å²) in [4.78, 5) is 28.7. The number of halogens is 2. The number of fused-ring (bicyclic) bond motifs is 1. The molecule has 31 heavy (non-hydrogen) atoms. The van der Waals surface area contributed by atoms with Crippen LogP contribution in [0.2, 0.25) is 10.2 Å². The lowest BCUT2D eigenvalue weighted by atomic mass is 10.1. The highest BCUT2D eigenvalue weighted by Gasteiger charge is 2.19. The van der Waals surface area contributed by atoms with Crippen LogP contribution >= 0.6 is 23.2 Å². The zero-order valence-corrected chi connectivity index (χ0v) is 19.5. The average molecular weight is 471 g/mol. The number of amides is 1. The van der Waals surface area contributed by atoms with Crippen molar-refractivity contribution in [3.8, 4) is 0 Å². The largest absolute Gasteiger partial charge is 0.460 e. The van der Waals surface area contributed by atoms with Crippen molar-refractivity contribution in [2.75, 3.05) is 6.54 Å². The molecule has 0 aliphatic heterocycles. The minimum Gasteiger partial charge on any atom is -0.460 e. The van der Waals surface area contributed by atoms with Gasteiger partial charge in [-0.25, -0.2) is 10.4 Å². The topological polar surface area (TPSA) is 113 Å². The van der Waals surface area contributed by atoms with Crippen molar-refractivity contribution in [2.24, 2.45) is 0 Å². The van der Waals surface area contributed by atoms with Crippen molar-refractivity contribution in [1.82, 2.24) is 21.2 Å². The van der Waals surface area contributed by atoms with Gasteiger partial charge < -0.3 is 9.84 Å². The molecule has 1 aromatic carbocycles. The molecule has 0 radical (unpaired) electrons. The Bertz CT molecular complexity index is 931. The molecular formula is C21H28Cl2N4O4. The molecule has 0 aliphatic carbocycles. The first-order valence-corrected chi connectivity index (χ1v) is 10.7. The van der Waals surface area contributed by atoms with E-state index in [4.69, 9.17) is 27.9 Å². The molecule has 170 valence electrons. The van der Waals surface area contributed by atoms with Gasteiger partial charge in [0.2, 0.25) is 0 Å². The Morgan fingerprint density at radius 3 is 2.58 bits per heavy atom. The number of esters is 1. The van der Waals surface area contributed by atoms with E-state index < -0.39 is 23.8 Å². The van der Waals surface area contributed by atoms with Crippen molar-refractivity contribution in [1.29, 1.82) is 0 Å². The quantitative estimate of drug-likeness (QED) is 0.146. The minimum atomic E-state index is -0.825. The number of benzene rings is 1. The van der Waals surface area contributed by atoms with Crippen LogP contribution in [-0.2, 0) is 9.53 Å². The number of carbonyl (C=O) groups excluding carboxylic acids is 2. The maximum atomic E-state index is 12.7. The SMILES string of the molecule is C[C@@H](O)C(NCCCC(=O)OC(C)(C)C)NNC(=O)c1cc(Cl)nc2ccc(Cl)cc12. The van der Waals surface area contributed by atoms with Crippen molar-refractivity contribution >= 4 is 46.0 Å². The number of rotatable bonds is 9. The maximum Gasteiger partial charge on any atom is 0.306 e. The van der Waals surface area contributed by atoms with E-state index >= 15 is 0 Å². The number of hydrazine groups is 1. The van der Waals surface area contributed by atoms with Crippen LogP contribution in [-0.4, -0.2) is 46.4 Å². The second-order valence-corrected chi connectivity index (χ2v) is 8.94. The van der Waals surface area contributed by atoms with E-state index in [1.165, 1.54) is 6.07 Å². The van der Waals surface area contributed by atoms with Crippen molar-refractivity contribution in [2.45, 2.75) is 58.4 Å². The molecule has 2 rings (SSSR count). The van der Waals surface area contributed by atoms with Gasteiger partial charge in [-0.15, -0.1) is 0 Å². The summed E-state index contributed by atoms with van der Waals surface area (Å²) in [5.74, 6) is -0.748. The minimum absolute atomic E-state index is 0.173. The molecule has 0 saturated carbocycles. The van der Waals surface area contributed by atoms with Gasteiger partial charge in [-0.3, -0.25) is 20.3 Å². The van der Waals surface area contributed by atoms with Gasteiger partial charge in [0.25, 0.3) is 5.91 Å². The van der Waals surface area contributed by atoms with Crippen LogP contribution < -0.4 is 16.2 Å². The second-order valence-electron chi connectivity index (χ2n) is 8.11. The number of nitrogens with one attached hydrogen (secondary N) is 3. The summed E-state index contributed by atoms with van der Waals surface area (Å²) in [5.41, 5.74) is 5.64. The first kappa shape index (κ1) is 25.3. The van der Waals surface area contributed by atoms with Crippen molar-refractivity contribution < 1.29 is 19.4 Å². The highest BCUT2D eigenvalue weighted by molar-refractivity contribution is 6.32. The summed E-state index contributed by atoms with van der Waals surface area (Å²) in [5, 5.41) is 14.2. The van der Waals surface area contributed by atoms with Crippen LogP contribution in [0.5, 0.6) is 0 Å². The van der Waals surface area contributed by atoms with Crippen LogP contribution in [0.15, 0.2) is 24.3 Å². The molecule has 0 aliphatic rings. The fraction of sp³-hybridized carbons (Fsp3) is 0.476. The van der Waals surface area contributed by atoms with Crippen molar-refractivity contribution in [3.05, 3.63) is 40.0 Å². The molecule has 10 heteroatoms. The number of aliphatic hydroxyl groups excluding tert-OH is 1. The third-order valence-corrected chi connectivity index (χ3v) is 4.58. The number of ether oxygens (including phenoxy) is 1. The molecule has 2 aromatic rings. The Morgan fingerprint density at radius 1 is 1.23 bits per heavy atom. The molecule has 1 heterocycles. The van der Waals surface area contributed by atoms with E-state index in [0.29, 0.717) is 34.5 Å². The van der Waals surface area contributed by atoms with Gasteiger partial charge in [0.15, 0.2) is 0 Å². The van der Waals surface area contributed by atoms with Crippen LogP contribution in [0.25, 0.3) is 10.9 Å². The molecule has 1 amide bonds. The summed E-state index contributed by atoms with van der Waals surface area (Å²) in [6.45, 7) is 7.44. The van der Waals surface area contributed by atoms with Gasteiger partial charge in [0, 0.05) is 16.8 Å². The molecule has 0 saturated heterocycles. The van der Waals surface area contributed by atoms with Crippen LogP contribution in [0.4, 0.5) is 0 Å². The number of aliphatic hydroxyl groups is 1. The molecule has 0 spiro atoms. The lowest BCUT2D eigenvalue weighted by molar-refractivity contribution is -0.154. The Labute approximate surface area is 191 Å². The molecule has 1 aromatic heterocycles. The zero-order chi connectivity index (χ0) is 23.2. The summed E-state index contributed by atoms with van der Waals surface area (Å²) in [6, 6.07) is 6.43. The van der Waals surface area contributed by atoms with Gasteiger partial charge in [-0.1, -0.05) is 23.2 Å². The van der Waals surface area contributed by atoms with E-state index in [1.54, 1.807) is 25.1 Å².